The number of rotatable bonds is 5. The zero-order valence-corrected chi connectivity index (χ0v) is 20.1. The Balaban J connectivity index is 1.44. The van der Waals surface area contributed by atoms with Gasteiger partial charge in [0.1, 0.15) is 5.82 Å². The van der Waals surface area contributed by atoms with Crippen LogP contribution in [0.1, 0.15) is 31.2 Å². The Labute approximate surface area is 207 Å². The highest BCUT2D eigenvalue weighted by atomic mass is 32.2. The van der Waals surface area contributed by atoms with Gasteiger partial charge in [0.2, 0.25) is 5.91 Å². The van der Waals surface area contributed by atoms with Gasteiger partial charge in [0.25, 0.3) is 5.56 Å². The van der Waals surface area contributed by atoms with Gasteiger partial charge in [-0.05, 0) is 72.0 Å². The highest BCUT2D eigenvalue weighted by molar-refractivity contribution is 7.97. The summed E-state index contributed by atoms with van der Waals surface area (Å²) < 4.78 is 0. The molecule has 1 saturated heterocycles. The molecular weight excluding hydrogens is 460 g/mol. The Kier molecular flexibility index (Phi) is 6.52. The van der Waals surface area contributed by atoms with Crippen LogP contribution < -0.4 is 16.0 Å². The van der Waals surface area contributed by atoms with E-state index >= 15 is 0 Å². The fourth-order valence-corrected chi connectivity index (χ4v) is 4.90. The summed E-state index contributed by atoms with van der Waals surface area (Å²) in [6, 6.07) is 13.9. The number of nitrogens with one attached hydrogen (secondary N) is 2. The number of hydrogen-bond acceptors (Lipinski definition) is 7. The van der Waals surface area contributed by atoms with E-state index in [1.165, 1.54) is 5.56 Å². The number of nitrogens with zero attached hydrogens (tertiary/aromatic N) is 3. The summed E-state index contributed by atoms with van der Waals surface area (Å²) in [6.07, 6.45) is 6.99. The number of aromatic nitrogens is 3. The van der Waals surface area contributed by atoms with Gasteiger partial charge in [0.15, 0.2) is 0 Å². The van der Waals surface area contributed by atoms with Crippen LogP contribution >= 0.6 is 11.9 Å². The molecule has 0 spiro atoms. The minimum Gasteiger partial charge on any atom is -0.343 e. The first-order chi connectivity index (χ1) is 17.0. The third-order valence-corrected chi connectivity index (χ3v) is 6.98. The second kappa shape index (κ2) is 9.89. The summed E-state index contributed by atoms with van der Waals surface area (Å²) >= 11 is 1.12. The van der Waals surface area contributed by atoms with Crippen LogP contribution in [0.5, 0.6) is 0 Å². The van der Waals surface area contributed by atoms with Gasteiger partial charge >= 0.3 is 0 Å². The Morgan fingerprint density at radius 2 is 1.91 bits per heavy atom. The number of piperidine rings is 1. The highest BCUT2D eigenvalue weighted by Crippen LogP contribution is 2.31. The number of nitrogens with two attached hydrogens (primary N) is 1. The lowest BCUT2D eigenvalue weighted by molar-refractivity contribution is -0.129. The summed E-state index contributed by atoms with van der Waals surface area (Å²) in [5, 5.41) is 10.3. The minimum atomic E-state index is -0.206. The van der Waals surface area contributed by atoms with Gasteiger partial charge in [-0.15, -0.1) is 0 Å². The molecular formula is C26H26N6O2S. The Bertz CT molecular complexity index is 1430. The number of pyridine rings is 3. The monoisotopic (exact) mass is 486 g/mol. The molecule has 1 aromatic carbocycles. The fraction of sp³-hybridized carbons (Fsp3) is 0.231. The number of aromatic amines is 1. The Morgan fingerprint density at radius 3 is 2.63 bits per heavy atom. The van der Waals surface area contributed by atoms with Crippen LogP contribution in [0.25, 0.3) is 22.0 Å². The third kappa shape index (κ3) is 4.91. The second-order valence-electron chi connectivity index (χ2n) is 8.68. The van der Waals surface area contributed by atoms with E-state index in [1.807, 2.05) is 35.2 Å². The van der Waals surface area contributed by atoms with Crippen LogP contribution in [0, 0.1) is 0 Å². The molecule has 0 aliphatic carbocycles. The van der Waals surface area contributed by atoms with Crippen molar-refractivity contribution in [2.75, 3.05) is 18.4 Å². The standard InChI is InChI=1S/C26H26N6O2S/c1-16(33)32-10-7-18(8-11-32)17-2-4-21(5-3-17)30-25-24-19(6-9-29-26(24)34)13-23(31-25)20-12-22(35-27)15-28-14-20/h2-6,9,12-15,18H,7-8,10-11,27H2,1H3,(H,29,34)(H,30,31). The number of carbonyl (C=O) groups excluding carboxylic acids is 1. The molecule has 4 N–H and O–H groups in total. The average molecular weight is 487 g/mol. The first kappa shape index (κ1) is 23.1. The van der Waals surface area contributed by atoms with Crippen LogP contribution in [0.2, 0.25) is 0 Å². The smallest absolute Gasteiger partial charge is 0.259 e. The summed E-state index contributed by atoms with van der Waals surface area (Å²) in [7, 11) is 0. The van der Waals surface area contributed by atoms with Gasteiger partial charge < -0.3 is 15.2 Å². The topological polar surface area (TPSA) is 117 Å². The molecule has 4 heterocycles. The Hall–Kier alpha value is -3.69. The average Bonchev–Trinajstić information content (AvgIpc) is 2.89. The van der Waals surface area contributed by atoms with Gasteiger partial charge in [-0.3, -0.25) is 19.7 Å². The van der Waals surface area contributed by atoms with Crippen LogP contribution in [-0.4, -0.2) is 38.8 Å². The number of anilines is 2. The fourth-order valence-electron chi connectivity index (χ4n) is 4.58. The van der Waals surface area contributed by atoms with E-state index in [1.54, 1.807) is 25.5 Å². The zero-order valence-electron chi connectivity index (χ0n) is 19.3. The highest BCUT2D eigenvalue weighted by Gasteiger charge is 2.22. The van der Waals surface area contributed by atoms with E-state index in [0.717, 1.165) is 59.4 Å². The normalized spacial score (nSPS) is 14.3. The van der Waals surface area contributed by atoms with Gasteiger partial charge in [-0.25, -0.2) is 4.98 Å². The van der Waals surface area contributed by atoms with Crippen molar-refractivity contribution in [2.45, 2.75) is 30.6 Å². The molecule has 1 aliphatic heterocycles. The van der Waals surface area contributed by atoms with Gasteiger partial charge in [0.05, 0.1) is 11.1 Å². The summed E-state index contributed by atoms with van der Waals surface area (Å²) in [5.74, 6) is 1.06. The largest absolute Gasteiger partial charge is 0.343 e. The maximum absolute atomic E-state index is 12.7. The van der Waals surface area contributed by atoms with Crippen molar-refractivity contribution in [2.24, 2.45) is 5.14 Å². The van der Waals surface area contributed by atoms with Gasteiger partial charge in [-0.2, -0.15) is 0 Å². The third-order valence-electron chi connectivity index (χ3n) is 6.48. The summed E-state index contributed by atoms with van der Waals surface area (Å²) in [5.41, 5.74) is 3.40. The predicted molar refractivity (Wildman–Crippen MR) is 140 cm³/mol. The van der Waals surface area contributed by atoms with E-state index in [-0.39, 0.29) is 11.5 Å². The molecule has 0 bridgehead atoms. The number of benzene rings is 1. The van der Waals surface area contributed by atoms with Crippen molar-refractivity contribution >= 4 is 40.1 Å². The van der Waals surface area contributed by atoms with Crippen LogP contribution in [0.4, 0.5) is 11.5 Å². The molecule has 0 atom stereocenters. The lowest BCUT2D eigenvalue weighted by Gasteiger charge is -2.31. The first-order valence-corrected chi connectivity index (χ1v) is 12.4. The number of likely N-dealkylation sites (tertiary alicyclic amines) is 1. The quantitative estimate of drug-likeness (QED) is 0.358. The van der Waals surface area contributed by atoms with E-state index in [9.17, 15) is 9.59 Å². The first-order valence-electron chi connectivity index (χ1n) is 11.5. The van der Waals surface area contributed by atoms with Crippen LogP contribution in [-0.2, 0) is 4.79 Å². The van der Waals surface area contributed by atoms with Gasteiger partial charge in [-0.1, -0.05) is 12.1 Å². The van der Waals surface area contributed by atoms with Crippen molar-refractivity contribution in [1.29, 1.82) is 0 Å². The second-order valence-corrected chi connectivity index (χ2v) is 9.39. The molecule has 4 aromatic rings. The SMILES string of the molecule is CC(=O)N1CCC(c2ccc(Nc3nc(-c4cncc(SN)c4)cc4cc[nH]c(=O)c34)cc2)CC1. The molecule has 9 heteroatoms. The molecule has 0 unspecified atom stereocenters. The molecule has 178 valence electrons. The van der Waals surface area contributed by atoms with Crippen molar-refractivity contribution in [1.82, 2.24) is 19.9 Å². The summed E-state index contributed by atoms with van der Waals surface area (Å²) in [6.45, 7) is 3.22. The van der Waals surface area contributed by atoms with Crippen LogP contribution in [0.15, 0.2) is 70.7 Å². The number of amides is 1. The molecule has 0 saturated carbocycles. The van der Waals surface area contributed by atoms with Crippen molar-refractivity contribution in [3.05, 3.63) is 77.0 Å². The van der Waals surface area contributed by atoms with E-state index < -0.39 is 0 Å². The lowest BCUT2D eigenvalue weighted by atomic mass is 9.89. The summed E-state index contributed by atoms with van der Waals surface area (Å²) in [4.78, 5) is 38.8. The molecule has 1 amide bonds. The number of carbonyl (C=O) groups is 1. The van der Waals surface area contributed by atoms with Crippen LogP contribution in [0.3, 0.4) is 0 Å². The van der Waals surface area contributed by atoms with Crippen molar-refractivity contribution < 1.29 is 4.79 Å². The Morgan fingerprint density at radius 1 is 1.14 bits per heavy atom. The molecule has 1 fully saturated rings. The van der Waals surface area contributed by atoms with E-state index in [2.05, 4.69) is 27.4 Å². The number of hydrogen-bond donors (Lipinski definition) is 3. The predicted octanol–water partition coefficient (Wildman–Crippen LogP) is 4.42. The van der Waals surface area contributed by atoms with Gasteiger partial charge in [0, 0.05) is 54.8 Å². The molecule has 3 aromatic heterocycles. The maximum Gasteiger partial charge on any atom is 0.259 e. The van der Waals surface area contributed by atoms with E-state index in [4.69, 9.17) is 10.1 Å². The van der Waals surface area contributed by atoms with E-state index in [0.29, 0.717) is 22.8 Å². The molecule has 1 aliphatic rings. The number of H-pyrrole nitrogens is 1. The minimum absolute atomic E-state index is 0.143. The number of fused-ring (bicyclic) bond motifs is 1. The van der Waals surface area contributed by atoms with Crippen molar-refractivity contribution in [3.8, 4) is 11.3 Å². The lowest BCUT2D eigenvalue weighted by Crippen LogP contribution is -2.36. The zero-order chi connectivity index (χ0) is 24.4. The van der Waals surface area contributed by atoms with Crippen molar-refractivity contribution in [3.63, 3.8) is 0 Å². The molecule has 35 heavy (non-hydrogen) atoms. The molecule has 8 nitrogen and oxygen atoms in total. The molecule has 0 radical (unpaired) electrons. The maximum atomic E-state index is 12.7. The molecule has 5 rings (SSSR count).